The Hall–Kier alpha value is -3.20. The molecule has 0 unspecified atom stereocenters. The molecule has 0 bridgehead atoms. The molecule has 9 heteroatoms. The van der Waals surface area contributed by atoms with Crippen molar-refractivity contribution in [2.24, 2.45) is 0 Å². The Balaban J connectivity index is 1.64. The first kappa shape index (κ1) is 22.5. The van der Waals surface area contributed by atoms with Gasteiger partial charge in [-0.3, -0.25) is 9.59 Å². The zero-order valence-corrected chi connectivity index (χ0v) is 18.4. The van der Waals surface area contributed by atoms with Gasteiger partial charge in [0.2, 0.25) is 5.91 Å². The van der Waals surface area contributed by atoms with Crippen molar-refractivity contribution in [2.45, 2.75) is 38.5 Å². The topological polar surface area (TPSA) is 88.9 Å². The van der Waals surface area contributed by atoms with Gasteiger partial charge in [0.05, 0.1) is 17.4 Å². The van der Waals surface area contributed by atoms with Gasteiger partial charge in [-0.2, -0.15) is 0 Å². The summed E-state index contributed by atoms with van der Waals surface area (Å²) in [7, 11) is 0. The lowest BCUT2D eigenvalue weighted by Crippen LogP contribution is -2.29. The summed E-state index contributed by atoms with van der Waals surface area (Å²) in [5, 5.41) is 14.6. The lowest BCUT2D eigenvalue weighted by atomic mass is 10.2. The number of aryl methyl sites for hydroxylation is 1. The number of thioether (sulfide) groups is 1. The third-order valence-corrected chi connectivity index (χ3v) is 5.63. The molecule has 0 saturated heterocycles. The van der Waals surface area contributed by atoms with Gasteiger partial charge in [-0.05, 0) is 44.5 Å². The van der Waals surface area contributed by atoms with Gasteiger partial charge in [-0.15, -0.1) is 10.2 Å². The lowest BCUT2D eigenvalue weighted by molar-refractivity contribution is -0.113. The number of anilines is 1. The van der Waals surface area contributed by atoms with E-state index in [1.54, 1.807) is 13.0 Å². The molecular weight excluding hydrogens is 417 g/mol. The molecular formula is C22H24FN5O2S. The number of hydrogen-bond donors (Lipinski definition) is 2. The van der Waals surface area contributed by atoms with Gasteiger partial charge in [0.25, 0.3) is 5.91 Å². The van der Waals surface area contributed by atoms with E-state index in [1.807, 2.05) is 42.7 Å². The van der Waals surface area contributed by atoms with Gasteiger partial charge in [0.15, 0.2) is 11.0 Å². The average molecular weight is 442 g/mol. The van der Waals surface area contributed by atoms with Gasteiger partial charge in [0, 0.05) is 12.2 Å². The minimum absolute atomic E-state index is 0.0283. The first-order valence-corrected chi connectivity index (χ1v) is 10.9. The van der Waals surface area contributed by atoms with E-state index in [9.17, 15) is 14.0 Å². The molecule has 0 fully saturated rings. The molecule has 1 heterocycles. The van der Waals surface area contributed by atoms with Crippen LogP contribution in [-0.4, -0.2) is 32.3 Å². The van der Waals surface area contributed by atoms with Crippen molar-refractivity contribution in [3.63, 3.8) is 0 Å². The van der Waals surface area contributed by atoms with Crippen LogP contribution < -0.4 is 10.6 Å². The molecule has 0 aliphatic heterocycles. The number of carbonyl (C=O) groups is 2. The fraction of sp³-hybridized carbons (Fsp3) is 0.273. The minimum Gasteiger partial charge on any atom is -0.342 e. The van der Waals surface area contributed by atoms with E-state index in [4.69, 9.17) is 0 Å². The van der Waals surface area contributed by atoms with E-state index in [-0.39, 0.29) is 17.2 Å². The Morgan fingerprint density at radius 3 is 2.55 bits per heavy atom. The Morgan fingerprint density at radius 1 is 1.13 bits per heavy atom. The normalized spacial score (nSPS) is 11.7. The summed E-state index contributed by atoms with van der Waals surface area (Å²) in [4.78, 5) is 24.7. The van der Waals surface area contributed by atoms with E-state index in [1.165, 1.54) is 30.0 Å². The van der Waals surface area contributed by atoms with Gasteiger partial charge in [0.1, 0.15) is 5.82 Å². The van der Waals surface area contributed by atoms with Crippen LogP contribution in [0.2, 0.25) is 0 Å². The number of carbonyl (C=O) groups excluding carboxylic acids is 2. The Labute approximate surface area is 184 Å². The summed E-state index contributed by atoms with van der Waals surface area (Å²) in [6, 6.07) is 12.9. The van der Waals surface area contributed by atoms with Crippen LogP contribution in [0.25, 0.3) is 0 Å². The molecule has 1 atom stereocenters. The van der Waals surface area contributed by atoms with E-state index in [0.29, 0.717) is 17.5 Å². The molecule has 0 aliphatic carbocycles. The molecule has 2 aromatic carbocycles. The van der Waals surface area contributed by atoms with Crippen LogP contribution in [0.3, 0.4) is 0 Å². The SMILES string of the molecule is CCn1c(SCC(=O)Nc2ccccc2C)nnc1[C@H](C)NC(=O)c1ccccc1F. The smallest absolute Gasteiger partial charge is 0.254 e. The van der Waals surface area contributed by atoms with Crippen LogP contribution in [-0.2, 0) is 11.3 Å². The first-order valence-electron chi connectivity index (χ1n) is 9.87. The highest BCUT2D eigenvalue weighted by Gasteiger charge is 2.21. The maximum Gasteiger partial charge on any atom is 0.254 e. The highest BCUT2D eigenvalue weighted by Crippen LogP contribution is 2.22. The third-order valence-electron chi connectivity index (χ3n) is 4.67. The molecule has 1 aromatic heterocycles. The van der Waals surface area contributed by atoms with E-state index in [0.717, 1.165) is 11.3 Å². The summed E-state index contributed by atoms with van der Waals surface area (Å²) in [5.74, 6) is -0.549. The maximum absolute atomic E-state index is 13.9. The average Bonchev–Trinajstić information content (AvgIpc) is 3.17. The number of nitrogens with zero attached hydrogens (tertiary/aromatic N) is 3. The molecule has 0 saturated carbocycles. The zero-order chi connectivity index (χ0) is 22.4. The molecule has 0 aliphatic rings. The second-order valence-electron chi connectivity index (χ2n) is 6.91. The second-order valence-corrected chi connectivity index (χ2v) is 7.85. The molecule has 7 nitrogen and oxygen atoms in total. The number of halogens is 1. The first-order chi connectivity index (χ1) is 14.9. The predicted octanol–water partition coefficient (Wildman–Crippen LogP) is 3.97. The maximum atomic E-state index is 13.9. The van der Waals surface area contributed by atoms with E-state index in [2.05, 4.69) is 20.8 Å². The Kier molecular flexibility index (Phi) is 7.41. The van der Waals surface area contributed by atoms with Crippen molar-refractivity contribution in [3.05, 3.63) is 71.3 Å². The van der Waals surface area contributed by atoms with Crippen LogP contribution in [0.4, 0.5) is 10.1 Å². The third kappa shape index (κ3) is 5.49. The fourth-order valence-electron chi connectivity index (χ4n) is 3.04. The lowest BCUT2D eigenvalue weighted by Gasteiger charge is -2.15. The Morgan fingerprint density at radius 2 is 1.84 bits per heavy atom. The predicted molar refractivity (Wildman–Crippen MR) is 119 cm³/mol. The summed E-state index contributed by atoms with van der Waals surface area (Å²) < 4.78 is 15.7. The molecule has 0 radical (unpaired) electrons. The molecule has 2 N–H and O–H groups in total. The Bertz CT molecular complexity index is 1090. The van der Waals surface area contributed by atoms with Crippen LogP contribution in [0, 0.1) is 12.7 Å². The molecule has 162 valence electrons. The van der Waals surface area contributed by atoms with Crippen LogP contribution >= 0.6 is 11.8 Å². The molecule has 0 spiro atoms. The number of para-hydroxylation sites is 1. The summed E-state index contributed by atoms with van der Waals surface area (Å²) in [5.41, 5.74) is 1.73. The highest BCUT2D eigenvalue weighted by molar-refractivity contribution is 7.99. The molecule has 3 rings (SSSR count). The van der Waals surface area contributed by atoms with Gasteiger partial charge < -0.3 is 15.2 Å². The van der Waals surface area contributed by atoms with Gasteiger partial charge in [-0.25, -0.2) is 4.39 Å². The van der Waals surface area contributed by atoms with Gasteiger partial charge >= 0.3 is 0 Å². The zero-order valence-electron chi connectivity index (χ0n) is 17.6. The standard InChI is InChI=1S/C22H24FN5O2S/c1-4-28-20(15(3)24-21(30)16-10-6-7-11-17(16)23)26-27-22(28)31-13-19(29)25-18-12-8-5-9-14(18)2/h5-12,15H,4,13H2,1-3H3,(H,24,30)(H,25,29)/t15-/m0/s1. The minimum atomic E-state index is -0.583. The summed E-state index contributed by atoms with van der Waals surface area (Å²) in [6.07, 6.45) is 0. The van der Waals surface area contributed by atoms with E-state index < -0.39 is 17.8 Å². The second kappa shape index (κ2) is 10.2. The van der Waals surface area contributed by atoms with E-state index >= 15 is 0 Å². The van der Waals surface area contributed by atoms with Crippen molar-refractivity contribution >= 4 is 29.3 Å². The molecule has 2 amide bonds. The van der Waals surface area contributed by atoms with Crippen molar-refractivity contribution in [1.29, 1.82) is 0 Å². The largest absolute Gasteiger partial charge is 0.342 e. The fourth-order valence-corrected chi connectivity index (χ4v) is 3.85. The monoisotopic (exact) mass is 441 g/mol. The van der Waals surface area contributed by atoms with Crippen molar-refractivity contribution in [2.75, 3.05) is 11.1 Å². The number of hydrogen-bond acceptors (Lipinski definition) is 5. The van der Waals surface area contributed by atoms with Crippen LogP contribution in [0.1, 0.15) is 41.6 Å². The van der Waals surface area contributed by atoms with Crippen LogP contribution in [0.15, 0.2) is 53.7 Å². The quantitative estimate of drug-likeness (QED) is 0.517. The number of nitrogens with one attached hydrogen (secondary N) is 2. The van der Waals surface area contributed by atoms with Crippen LogP contribution in [0.5, 0.6) is 0 Å². The number of aromatic nitrogens is 3. The van der Waals surface area contributed by atoms with Gasteiger partial charge in [-0.1, -0.05) is 42.1 Å². The summed E-state index contributed by atoms with van der Waals surface area (Å²) >= 11 is 1.27. The van der Waals surface area contributed by atoms with Crippen molar-refractivity contribution in [3.8, 4) is 0 Å². The van der Waals surface area contributed by atoms with Crippen molar-refractivity contribution in [1.82, 2.24) is 20.1 Å². The number of benzene rings is 2. The molecule has 3 aromatic rings. The highest BCUT2D eigenvalue weighted by atomic mass is 32.2. The molecule has 31 heavy (non-hydrogen) atoms. The number of rotatable bonds is 8. The van der Waals surface area contributed by atoms with Crippen molar-refractivity contribution < 1.29 is 14.0 Å². The summed E-state index contributed by atoms with van der Waals surface area (Å²) in [6.45, 7) is 6.17. The number of amides is 2.